The SMILES string of the molecule is Cc1nc(Cl)cc(OC2CCC(C(F)(F)F)CC2)n1. The second-order valence-electron chi connectivity index (χ2n) is 4.71. The normalized spacial score (nSPS) is 24.3. The van der Waals surface area contributed by atoms with Crippen LogP contribution in [0.25, 0.3) is 0 Å². The van der Waals surface area contributed by atoms with Gasteiger partial charge in [0.05, 0.1) is 5.92 Å². The van der Waals surface area contributed by atoms with Crippen LogP contribution < -0.4 is 4.74 Å². The lowest BCUT2D eigenvalue weighted by Gasteiger charge is -2.29. The van der Waals surface area contributed by atoms with Gasteiger partial charge in [-0.2, -0.15) is 18.2 Å². The van der Waals surface area contributed by atoms with Gasteiger partial charge in [-0.25, -0.2) is 4.98 Å². The van der Waals surface area contributed by atoms with E-state index in [0.717, 1.165) is 0 Å². The van der Waals surface area contributed by atoms with Gasteiger partial charge < -0.3 is 4.74 Å². The predicted octanol–water partition coefficient (Wildman–Crippen LogP) is 3.94. The minimum absolute atomic E-state index is 0.103. The molecule has 0 unspecified atom stereocenters. The molecule has 3 nitrogen and oxygen atoms in total. The van der Waals surface area contributed by atoms with Crippen LogP contribution >= 0.6 is 11.6 Å². The van der Waals surface area contributed by atoms with Crippen LogP contribution in [0.5, 0.6) is 5.88 Å². The van der Waals surface area contributed by atoms with Crippen LogP contribution in [0.3, 0.4) is 0 Å². The Hall–Kier alpha value is -1.04. The molecular weight excluding hydrogens is 281 g/mol. The van der Waals surface area contributed by atoms with Crippen molar-refractivity contribution in [3.8, 4) is 5.88 Å². The van der Waals surface area contributed by atoms with E-state index in [-0.39, 0.29) is 24.1 Å². The smallest absolute Gasteiger partial charge is 0.391 e. The zero-order valence-electron chi connectivity index (χ0n) is 10.4. The number of aryl methyl sites for hydroxylation is 1. The predicted molar refractivity (Wildman–Crippen MR) is 64.2 cm³/mol. The summed E-state index contributed by atoms with van der Waals surface area (Å²) in [4.78, 5) is 7.95. The highest BCUT2D eigenvalue weighted by atomic mass is 35.5. The highest BCUT2D eigenvalue weighted by Gasteiger charge is 2.41. The van der Waals surface area contributed by atoms with Gasteiger partial charge in [-0.3, -0.25) is 0 Å². The topological polar surface area (TPSA) is 35.0 Å². The maximum Gasteiger partial charge on any atom is 0.391 e. The molecule has 0 saturated heterocycles. The monoisotopic (exact) mass is 294 g/mol. The molecule has 1 aromatic heterocycles. The van der Waals surface area contributed by atoms with Crippen LogP contribution in [0.1, 0.15) is 31.5 Å². The molecule has 19 heavy (non-hydrogen) atoms. The van der Waals surface area contributed by atoms with Gasteiger partial charge in [0.15, 0.2) is 0 Å². The van der Waals surface area contributed by atoms with E-state index in [1.807, 2.05) is 0 Å². The molecule has 0 aromatic carbocycles. The molecule has 1 heterocycles. The van der Waals surface area contributed by atoms with Gasteiger partial charge in [0, 0.05) is 6.07 Å². The Kier molecular flexibility index (Phi) is 4.18. The summed E-state index contributed by atoms with van der Waals surface area (Å²) >= 11 is 5.77. The third-order valence-corrected chi connectivity index (χ3v) is 3.40. The molecule has 0 radical (unpaired) electrons. The number of rotatable bonds is 2. The summed E-state index contributed by atoms with van der Waals surface area (Å²) in [6, 6.07) is 1.48. The highest BCUT2D eigenvalue weighted by Crippen LogP contribution is 2.38. The van der Waals surface area contributed by atoms with Crippen molar-refractivity contribution in [3.63, 3.8) is 0 Å². The molecule has 7 heteroatoms. The zero-order chi connectivity index (χ0) is 14.0. The first-order chi connectivity index (χ1) is 8.84. The van der Waals surface area contributed by atoms with Crippen molar-refractivity contribution in [2.45, 2.75) is 44.9 Å². The number of nitrogens with zero attached hydrogens (tertiary/aromatic N) is 2. The largest absolute Gasteiger partial charge is 0.474 e. The lowest BCUT2D eigenvalue weighted by molar-refractivity contribution is -0.185. The van der Waals surface area contributed by atoms with E-state index in [2.05, 4.69) is 9.97 Å². The Morgan fingerprint density at radius 1 is 1.21 bits per heavy atom. The molecule has 0 N–H and O–H groups in total. The van der Waals surface area contributed by atoms with Crippen LogP contribution in [-0.4, -0.2) is 22.2 Å². The van der Waals surface area contributed by atoms with E-state index >= 15 is 0 Å². The molecule has 0 aliphatic heterocycles. The van der Waals surface area contributed by atoms with Crippen molar-refractivity contribution in [1.82, 2.24) is 9.97 Å². The third kappa shape index (κ3) is 3.96. The molecule has 2 rings (SSSR count). The number of ether oxygens (including phenoxy) is 1. The van der Waals surface area contributed by atoms with Crippen molar-refractivity contribution in [2.24, 2.45) is 5.92 Å². The van der Waals surface area contributed by atoms with E-state index < -0.39 is 12.1 Å². The maximum absolute atomic E-state index is 12.5. The number of aromatic nitrogens is 2. The molecule has 1 saturated carbocycles. The quantitative estimate of drug-likeness (QED) is 0.775. The van der Waals surface area contributed by atoms with Crippen molar-refractivity contribution in [1.29, 1.82) is 0 Å². The van der Waals surface area contributed by atoms with Gasteiger partial charge in [0.1, 0.15) is 17.1 Å². The third-order valence-electron chi connectivity index (χ3n) is 3.21. The van der Waals surface area contributed by atoms with Crippen LogP contribution in [0.15, 0.2) is 6.07 Å². The minimum atomic E-state index is -4.10. The molecule has 106 valence electrons. The fourth-order valence-electron chi connectivity index (χ4n) is 2.24. The van der Waals surface area contributed by atoms with E-state index in [4.69, 9.17) is 16.3 Å². The van der Waals surface area contributed by atoms with Gasteiger partial charge in [-0.15, -0.1) is 0 Å². The summed E-state index contributed by atoms with van der Waals surface area (Å²) in [5.74, 6) is -0.400. The van der Waals surface area contributed by atoms with Crippen molar-refractivity contribution < 1.29 is 17.9 Å². The van der Waals surface area contributed by atoms with E-state index in [1.54, 1.807) is 6.92 Å². The molecule has 1 aliphatic rings. The Balaban J connectivity index is 1.92. The Morgan fingerprint density at radius 2 is 1.84 bits per heavy atom. The first-order valence-electron chi connectivity index (χ1n) is 6.09. The lowest BCUT2D eigenvalue weighted by atomic mass is 9.87. The lowest BCUT2D eigenvalue weighted by Crippen LogP contribution is -2.32. The molecule has 1 aromatic rings. The molecule has 1 aliphatic carbocycles. The van der Waals surface area contributed by atoms with Crippen LogP contribution in [0, 0.1) is 12.8 Å². The van der Waals surface area contributed by atoms with Gasteiger partial charge in [-0.05, 0) is 32.6 Å². The first-order valence-corrected chi connectivity index (χ1v) is 6.47. The Morgan fingerprint density at radius 3 is 2.37 bits per heavy atom. The number of halogens is 4. The fourth-order valence-corrected chi connectivity index (χ4v) is 2.46. The molecule has 1 fully saturated rings. The summed E-state index contributed by atoms with van der Waals surface area (Å²) in [6.45, 7) is 1.68. The summed E-state index contributed by atoms with van der Waals surface area (Å²) in [5, 5.41) is 0.270. The number of hydrogen-bond acceptors (Lipinski definition) is 3. The maximum atomic E-state index is 12.5. The Bertz CT molecular complexity index is 425. The summed E-state index contributed by atoms with van der Waals surface area (Å²) < 4.78 is 43.1. The Labute approximate surface area is 114 Å². The zero-order valence-corrected chi connectivity index (χ0v) is 11.1. The van der Waals surface area contributed by atoms with E-state index in [0.29, 0.717) is 24.5 Å². The van der Waals surface area contributed by atoms with Crippen LogP contribution in [-0.2, 0) is 0 Å². The summed E-state index contributed by atoms with van der Waals surface area (Å²) in [7, 11) is 0. The van der Waals surface area contributed by atoms with E-state index in [1.165, 1.54) is 6.07 Å². The average molecular weight is 295 g/mol. The standard InChI is InChI=1S/C12H14ClF3N2O/c1-7-17-10(13)6-11(18-7)19-9-4-2-8(3-5-9)12(14,15)16/h6,8-9H,2-5H2,1H3. The van der Waals surface area contributed by atoms with Crippen molar-refractivity contribution in [3.05, 3.63) is 17.0 Å². The number of alkyl halides is 3. The molecular formula is C12H14ClF3N2O. The first kappa shape index (κ1) is 14.4. The summed E-state index contributed by atoms with van der Waals surface area (Å²) in [5.41, 5.74) is 0. The van der Waals surface area contributed by atoms with Crippen LogP contribution in [0.2, 0.25) is 5.15 Å². The molecule has 0 bridgehead atoms. The van der Waals surface area contributed by atoms with Gasteiger partial charge in [0.2, 0.25) is 5.88 Å². The van der Waals surface area contributed by atoms with Gasteiger partial charge in [0.25, 0.3) is 0 Å². The van der Waals surface area contributed by atoms with Crippen molar-refractivity contribution in [2.75, 3.05) is 0 Å². The second kappa shape index (κ2) is 5.53. The van der Waals surface area contributed by atoms with Crippen LogP contribution in [0.4, 0.5) is 13.2 Å². The summed E-state index contributed by atoms with van der Waals surface area (Å²) in [6.07, 6.45) is -3.36. The fraction of sp³-hybridized carbons (Fsp3) is 0.667. The van der Waals surface area contributed by atoms with Gasteiger partial charge in [-0.1, -0.05) is 11.6 Å². The molecule has 0 atom stereocenters. The highest BCUT2D eigenvalue weighted by molar-refractivity contribution is 6.29. The minimum Gasteiger partial charge on any atom is -0.474 e. The van der Waals surface area contributed by atoms with Gasteiger partial charge >= 0.3 is 6.18 Å². The van der Waals surface area contributed by atoms with E-state index in [9.17, 15) is 13.2 Å². The van der Waals surface area contributed by atoms with Crippen molar-refractivity contribution >= 4 is 11.6 Å². The number of hydrogen-bond donors (Lipinski definition) is 0. The second-order valence-corrected chi connectivity index (χ2v) is 5.10. The molecule has 0 amide bonds. The molecule has 0 spiro atoms. The average Bonchev–Trinajstić information content (AvgIpc) is 2.26.